The van der Waals surface area contributed by atoms with E-state index in [1.807, 2.05) is 7.05 Å². The number of guanidine groups is 1. The number of aliphatic imine (C=N–C) groups is 1. The van der Waals surface area contributed by atoms with Gasteiger partial charge in [0.1, 0.15) is 0 Å². The van der Waals surface area contributed by atoms with E-state index in [4.69, 9.17) is 4.74 Å². The summed E-state index contributed by atoms with van der Waals surface area (Å²) >= 11 is 0. The van der Waals surface area contributed by atoms with Gasteiger partial charge in [-0.05, 0) is 31.7 Å². The monoisotopic (exact) mass is 313 g/mol. The molecule has 2 N–H and O–H groups in total. The van der Waals surface area contributed by atoms with Crippen LogP contribution in [0.4, 0.5) is 0 Å². The molecule has 1 heterocycles. The van der Waals surface area contributed by atoms with Crippen molar-refractivity contribution in [3.05, 3.63) is 35.4 Å². The summed E-state index contributed by atoms with van der Waals surface area (Å²) in [4.78, 5) is 4.43. The minimum absolute atomic E-state index is 0.392. The van der Waals surface area contributed by atoms with E-state index in [9.17, 15) is 0 Å². The van der Waals surface area contributed by atoms with Crippen molar-refractivity contribution in [2.75, 3.05) is 13.7 Å². The molecule has 4 heteroatoms. The molecule has 1 aromatic carbocycles. The molecule has 0 radical (unpaired) electrons. The Kier molecular flexibility index (Phi) is 3.80. The first-order chi connectivity index (χ1) is 11.2. The Hall–Kier alpha value is -1.55. The van der Waals surface area contributed by atoms with Crippen molar-refractivity contribution in [3.8, 4) is 0 Å². The van der Waals surface area contributed by atoms with Crippen LogP contribution in [0.3, 0.4) is 0 Å². The maximum Gasteiger partial charge on any atom is 0.191 e. The molecule has 3 atom stereocenters. The minimum atomic E-state index is 0.392. The van der Waals surface area contributed by atoms with Crippen molar-refractivity contribution in [3.63, 3.8) is 0 Å². The quantitative estimate of drug-likeness (QED) is 0.666. The molecule has 1 aromatic rings. The Labute approximate surface area is 138 Å². The van der Waals surface area contributed by atoms with Gasteiger partial charge in [-0.25, -0.2) is 0 Å². The molecule has 2 saturated carbocycles. The molecule has 0 aromatic heterocycles. The number of nitrogens with one attached hydrogen (secondary N) is 2. The molecule has 4 nitrogen and oxygen atoms in total. The molecule has 1 spiro atoms. The van der Waals surface area contributed by atoms with Crippen LogP contribution in [0.25, 0.3) is 0 Å². The van der Waals surface area contributed by atoms with Crippen LogP contribution in [-0.2, 0) is 11.3 Å². The van der Waals surface area contributed by atoms with Gasteiger partial charge in [0.05, 0.1) is 6.10 Å². The Morgan fingerprint density at radius 1 is 1.30 bits per heavy atom. The van der Waals surface area contributed by atoms with Crippen molar-refractivity contribution in [2.45, 2.75) is 51.3 Å². The fourth-order valence-corrected chi connectivity index (χ4v) is 4.69. The normalized spacial score (nSPS) is 31.2. The lowest BCUT2D eigenvalue weighted by molar-refractivity contribution is -0.171. The molecule has 23 heavy (non-hydrogen) atoms. The lowest BCUT2D eigenvalue weighted by atomic mass is 9.46. The topological polar surface area (TPSA) is 45.7 Å². The summed E-state index contributed by atoms with van der Waals surface area (Å²) in [7, 11) is 1.86. The summed E-state index contributed by atoms with van der Waals surface area (Å²) in [6.45, 7) is 3.86. The highest BCUT2D eigenvalue weighted by Gasteiger charge is 2.66. The third kappa shape index (κ3) is 2.44. The van der Waals surface area contributed by atoms with Gasteiger partial charge >= 0.3 is 0 Å². The van der Waals surface area contributed by atoms with Gasteiger partial charge < -0.3 is 15.4 Å². The highest BCUT2D eigenvalue weighted by Crippen LogP contribution is 2.62. The van der Waals surface area contributed by atoms with Gasteiger partial charge in [-0.2, -0.15) is 0 Å². The predicted molar refractivity (Wildman–Crippen MR) is 92.4 cm³/mol. The highest BCUT2D eigenvalue weighted by molar-refractivity contribution is 5.80. The summed E-state index contributed by atoms with van der Waals surface area (Å²) in [5.41, 5.74) is 2.97. The first-order valence-electron chi connectivity index (χ1n) is 8.87. The van der Waals surface area contributed by atoms with E-state index in [0.29, 0.717) is 23.5 Å². The number of ether oxygens (including phenoxy) is 1. The standard InChI is InChI=1S/C19H27N3O/c1-13-4-6-14(7-5-13)12-21-18(20-2)22-16-15-8-11-23-17(15)19(16)9-3-10-19/h4-7,15-17H,3,8-12H2,1-2H3,(H2,20,21,22). The number of hydrogen-bond acceptors (Lipinski definition) is 2. The molecule has 3 aliphatic rings. The summed E-state index contributed by atoms with van der Waals surface area (Å²) < 4.78 is 6.00. The largest absolute Gasteiger partial charge is 0.377 e. The average Bonchev–Trinajstić information content (AvgIpc) is 2.93. The van der Waals surface area contributed by atoms with Gasteiger partial charge in [-0.1, -0.05) is 36.2 Å². The predicted octanol–water partition coefficient (Wildman–Crippen LogP) is 2.62. The number of hydrogen-bond donors (Lipinski definition) is 2. The van der Waals surface area contributed by atoms with E-state index in [1.165, 1.54) is 36.8 Å². The zero-order chi connectivity index (χ0) is 15.9. The lowest BCUT2D eigenvalue weighted by Crippen LogP contribution is -2.72. The zero-order valence-corrected chi connectivity index (χ0v) is 14.1. The van der Waals surface area contributed by atoms with E-state index < -0.39 is 0 Å². The van der Waals surface area contributed by atoms with E-state index in [1.54, 1.807) is 0 Å². The number of benzene rings is 1. The minimum Gasteiger partial charge on any atom is -0.377 e. The molecular weight excluding hydrogens is 286 g/mol. The molecule has 4 rings (SSSR count). The van der Waals surface area contributed by atoms with Crippen LogP contribution >= 0.6 is 0 Å². The Bertz CT molecular complexity index is 591. The Morgan fingerprint density at radius 3 is 2.74 bits per heavy atom. The fraction of sp³-hybridized carbons (Fsp3) is 0.632. The van der Waals surface area contributed by atoms with Crippen LogP contribution in [0.15, 0.2) is 29.3 Å². The second-order valence-electron chi connectivity index (χ2n) is 7.36. The molecule has 0 amide bonds. The van der Waals surface area contributed by atoms with Crippen molar-refractivity contribution in [2.24, 2.45) is 16.3 Å². The van der Waals surface area contributed by atoms with Crippen LogP contribution < -0.4 is 10.6 Å². The van der Waals surface area contributed by atoms with E-state index in [0.717, 1.165) is 19.1 Å². The van der Waals surface area contributed by atoms with Crippen molar-refractivity contribution < 1.29 is 4.74 Å². The summed E-state index contributed by atoms with van der Waals surface area (Å²) in [5, 5.41) is 7.18. The smallest absolute Gasteiger partial charge is 0.191 e. The molecule has 1 aliphatic heterocycles. The zero-order valence-electron chi connectivity index (χ0n) is 14.1. The van der Waals surface area contributed by atoms with Gasteiger partial charge in [0.2, 0.25) is 0 Å². The molecule has 3 unspecified atom stereocenters. The van der Waals surface area contributed by atoms with Gasteiger partial charge in [0.25, 0.3) is 0 Å². The Balaban J connectivity index is 1.38. The maximum absolute atomic E-state index is 6.00. The van der Waals surface area contributed by atoms with Gasteiger partial charge in [0.15, 0.2) is 5.96 Å². The van der Waals surface area contributed by atoms with Crippen LogP contribution in [0.1, 0.15) is 36.8 Å². The summed E-state index contributed by atoms with van der Waals surface area (Å²) in [5.74, 6) is 1.60. The van der Waals surface area contributed by atoms with E-state index in [2.05, 4.69) is 46.8 Å². The molecular formula is C19H27N3O. The maximum atomic E-state index is 6.00. The summed E-state index contributed by atoms with van der Waals surface area (Å²) in [6.07, 6.45) is 5.66. The molecule has 2 aliphatic carbocycles. The summed E-state index contributed by atoms with van der Waals surface area (Å²) in [6, 6.07) is 9.19. The van der Waals surface area contributed by atoms with Gasteiger partial charge in [-0.3, -0.25) is 4.99 Å². The third-order valence-electron chi connectivity index (χ3n) is 6.13. The van der Waals surface area contributed by atoms with E-state index in [-0.39, 0.29) is 0 Å². The molecule has 1 saturated heterocycles. The number of aryl methyl sites for hydroxylation is 1. The van der Waals surface area contributed by atoms with Crippen molar-refractivity contribution in [1.29, 1.82) is 0 Å². The lowest BCUT2D eigenvalue weighted by Gasteiger charge is -2.63. The molecule has 3 fully saturated rings. The van der Waals surface area contributed by atoms with Crippen molar-refractivity contribution >= 4 is 5.96 Å². The second kappa shape index (κ2) is 5.82. The Morgan fingerprint density at radius 2 is 2.09 bits per heavy atom. The third-order valence-corrected chi connectivity index (χ3v) is 6.13. The number of nitrogens with zero attached hydrogens (tertiary/aromatic N) is 1. The van der Waals surface area contributed by atoms with Gasteiger partial charge in [0, 0.05) is 37.6 Å². The highest BCUT2D eigenvalue weighted by atomic mass is 16.5. The first kappa shape index (κ1) is 15.0. The molecule has 124 valence electrons. The van der Waals surface area contributed by atoms with Crippen molar-refractivity contribution in [1.82, 2.24) is 10.6 Å². The average molecular weight is 313 g/mol. The van der Waals surface area contributed by atoms with Crippen LogP contribution in [0.5, 0.6) is 0 Å². The van der Waals surface area contributed by atoms with Crippen LogP contribution in [-0.4, -0.2) is 31.8 Å². The number of fused-ring (bicyclic) bond motifs is 2. The molecule has 0 bridgehead atoms. The SMILES string of the molecule is CN=C(NCc1ccc(C)cc1)NC1C2CCOC2C12CCC2. The van der Waals surface area contributed by atoms with Crippen LogP contribution in [0.2, 0.25) is 0 Å². The van der Waals surface area contributed by atoms with Gasteiger partial charge in [-0.15, -0.1) is 0 Å². The number of rotatable bonds is 3. The van der Waals surface area contributed by atoms with E-state index >= 15 is 0 Å². The second-order valence-corrected chi connectivity index (χ2v) is 7.36. The fourth-order valence-electron chi connectivity index (χ4n) is 4.69. The first-order valence-corrected chi connectivity index (χ1v) is 8.87. The van der Waals surface area contributed by atoms with Crippen LogP contribution in [0, 0.1) is 18.3 Å².